The molecular weight excluding hydrogens is 400 g/mol. The van der Waals surface area contributed by atoms with Gasteiger partial charge in [-0.25, -0.2) is 0 Å². The largest absolute Gasteiger partial charge is 0.499 e. The van der Waals surface area contributed by atoms with E-state index in [2.05, 4.69) is 6.58 Å². The lowest BCUT2D eigenvalue weighted by molar-refractivity contribution is -0.0245. The van der Waals surface area contributed by atoms with Crippen molar-refractivity contribution in [3.05, 3.63) is 12.8 Å². The summed E-state index contributed by atoms with van der Waals surface area (Å²) in [5.74, 6) is 0. The van der Waals surface area contributed by atoms with Crippen LogP contribution in [-0.4, -0.2) is 124 Å². The first-order chi connectivity index (χ1) is 14.9. The van der Waals surface area contributed by atoms with Gasteiger partial charge in [-0.05, 0) is 0 Å². The molecule has 0 rings (SSSR count). The molecule has 0 aromatic rings. The molecule has 0 amide bonds. The van der Waals surface area contributed by atoms with Crippen LogP contribution in [0.1, 0.15) is 0 Å². The third-order valence-corrected chi connectivity index (χ3v) is 3.30. The molecule has 180 valence electrons. The Morgan fingerprint density at radius 1 is 0.400 bits per heavy atom. The molecule has 0 aliphatic heterocycles. The fourth-order valence-electron chi connectivity index (χ4n) is 1.90. The Balaban J connectivity index is 2.98. The first-order valence-electron chi connectivity index (χ1n) is 10.4. The standard InChI is InChI=1S/C20H40O10/c1-2-22-5-6-24-9-10-26-13-14-28-17-18-30-20-19-29-16-15-27-12-11-25-8-7-23-4-3-21/h2,21H,1,3-20H2. The van der Waals surface area contributed by atoms with Gasteiger partial charge in [0.15, 0.2) is 0 Å². The first-order valence-corrected chi connectivity index (χ1v) is 10.4. The van der Waals surface area contributed by atoms with E-state index in [0.717, 1.165) is 0 Å². The molecule has 30 heavy (non-hydrogen) atoms. The topological polar surface area (TPSA) is 103 Å². The van der Waals surface area contributed by atoms with E-state index in [1.54, 1.807) is 0 Å². The molecule has 0 saturated heterocycles. The molecule has 0 saturated carbocycles. The first kappa shape index (κ1) is 29.2. The lowest BCUT2D eigenvalue weighted by Crippen LogP contribution is -2.15. The van der Waals surface area contributed by atoms with Crippen molar-refractivity contribution in [1.82, 2.24) is 0 Å². The maximum Gasteiger partial charge on any atom is 0.111 e. The van der Waals surface area contributed by atoms with E-state index in [1.807, 2.05) is 0 Å². The summed E-state index contributed by atoms with van der Waals surface area (Å²) in [4.78, 5) is 0. The van der Waals surface area contributed by atoms with Gasteiger partial charge in [-0.15, -0.1) is 0 Å². The lowest BCUT2D eigenvalue weighted by atomic mass is 10.6. The molecule has 0 aromatic heterocycles. The Hall–Kier alpha value is -0.820. The van der Waals surface area contributed by atoms with Crippen molar-refractivity contribution in [3.8, 4) is 0 Å². The smallest absolute Gasteiger partial charge is 0.111 e. The summed E-state index contributed by atoms with van der Waals surface area (Å²) in [6.45, 7) is 12.1. The summed E-state index contributed by atoms with van der Waals surface area (Å²) < 4.78 is 47.5. The van der Waals surface area contributed by atoms with Crippen LogP contribution < -0.4 is 0 Å². The SMILES string of the molecule is C=COCCOCCOCCOCCOCCOCCOCCOCCOCCO. The van der Waals surface area contributed by atoms with E-state index in [1.165, 1.54) is 6.26 Å². The Bertz CT molecular complexity index is 320. The van der Waals surface area contributed by atoms with Crippen molar-refractivity contribution in [3.63, 3.8) is 0 Å². The molecule has 0 bridgehead atoms. The van der Waals surface area contributed by atoms with E-state index in [0.29, 0.717) is 112 Å². The summed E-state index contributed by atoms with van der Waals surface area (Å²) >= 11 is 0. The number of rotatable bonds is 27. The van der Waals surface area contributed by atoms with Crippen LogP contribution in [0.4, 0.5) is 0 Å². The highest BCUT2D eigenvalue weighted by Crippen LogP contribution is 1.86. The van der Waals surface area contributed by atoms with Gasteiger partial charge in [-0.3, -0.25) is 0 Å². The Kier molecular flexibility index (Phi) is 27.4. The molecule has 0 fully saturated rings. The van der Waals surface area contributed by atoms with Crippen LogP contribution in [0.3, 0.4) is 0 Å². The van der Waals surface area contributed by atoms with E-state index in [9.17, 15) is 0 Å². The van der Waals surface area contributed by atoms with Gasteiger partial charge in [0, 0.05) is 0 Å². The summed E-state index contributed by atoms with van der Waals surface area (Å²) in [6.07, 6.45) is 1.39. The molecule has 0 unspecified atom stereocenters. The van der Waals surface area contributed by atoms with Crippen LogP contribution in [0.25, 0.3) is 0 Å². The number of ether oxygens (including phenoxy) is 9. The van der Waals surface area contributed by atoms with Gasteiger partial charge in [-0.2, -0.15) is 0 Å². The molecule has 0 radical (unpaired) electrons. The third-order valence-electron chi connectivity index (χ3n) is 3.30. The zero-order valence-electron chi connectivity index (χ0n) is 18.1. The van der Waals surface area contributed by atoms with Crippen molar-refractivity contribution in [1.29, 1.82) is 0 Å². The summed E-state index contributed by atoms with van der Waals surface area (Å²) in [5.41, 5.74) is 0. The van der Waals surface area contributed by atoms with Crippen LogP contribution in [-0.2, 0) is 42.6 Å². The molecule has 0 aliphatic rings. The van der Waals surface area contributed by atoms with Gasteiger partial charge in [0.05, 0.1) is 119 Å². The molecule has 0 aromatic carbocycles. The predicted molar refractivity (Wildman–Crippen MR) is 110 cm³/mol. The monoisotopic (exact) mass is 440 g/mol. The zero-order valence-corrected chi connectivity index (χ0v) is 18.1. The van der Waals surface area contributed by atoms with E-state index < -0.39 is 0 Å². The maximum absolute atomic E-state index is 8.53. The molecule has 10 nitrogen and oxygen atoms in total. The predicted octanol–water partition coefficient (Wildman–Crippen LogP) is 0.272. The van der Waals surface area contributed by atoms with Gasteiger partial charge >= 0.3 is 0 Å². The molecule has 0 atom stereocenters. The van der Waals surface area contributed by atoms with Crippen LogP contribution in [0.5, 0.6) is 0 Å². The lowest BCUT2D eigenvalue weighted by Gasteiger charge is -2.08. The van der Waals surface area contributed by atoms with Crippen LogP contribution >= 0.6 is 0 Å². The van der Waals surface area contributed by atoms with Crippen molar-refractivity contribution >= 4 is 0 Å². The minimum atomic E-state index is 0.0304. The zero-order chi connectivity index (χ0) is 21.8. The fraction of sp³-hybridized carbons (Fsp3) is 0.900. The van der Waals surface area contributed by atoms with Gasteiger partial charge in [0.25, 0.3) is 0 Å². The normalized spacial score (nSPS) is 11.1. The average molecular weight is 441 g/mol. The van der Waals surface area contributed by atoms with E-state index >= 15 is 0 Å². The highest BCUT2D eigenvalue weighted by molar-refractivity contribution is 4.47. The molecule has 0 spiro atoms. The molecule has 0 heterocycles. The second-order valence-electron chi connectivity index (χ2n) is 5.66. The van der Waals surface area contributed by atoms with Crippen LogP contribution in [0.15, 0.2) is 12.8 Å². The summed E-state index contributed by atoms with van der Waals surface area (Å²) in [5, 5.41) is 8.53. The molecule has 1 N–H and O–H groups in total. The number of hydrogen-bond donors (Lipinski definition) is 1. The number of hydrogen-bond acceptors (Lipinski definition) is 10. The molecule has 0 aliphatic carbocycles. The van der Waals surface area contributed by atoms with Crippen LogP contribution in [0, 0.1) is 0 Å². The quantitative estimate of drug-likeness (QED) is 0.141. The van der Waals surface area contributed by atoms with Gasteiger partial charge in [-0.1, -0.05) is 6.58 Å². The maximum atomic E-state index is 8.53. The van der Waals surface area contributed by atoms with Gasteiger partial charge in [0.2, 0.25) is 0 Å². The highest BCUT2D eigenvalue weighted by Gasteiger charge is 1.95. The van der Waals surface area contributed by atoms with Crippen molar-refractivity contribution in [2.45, 2.75) is 0 Å². The van der Waals surface area contributed by atoms with Crippen molar-refractivity contribution in [2.75, 3.05) is 119 Å². The Morgan fingerprint density at radius 3 is 0.867 bits per heavy atom. The van der Waals surface area contributed by atoms with E-state index in [-0.39, 0.29) is 6.61 Å². The molecular formula is C20H40O10. The third kappa shape index (κ3) is 27.2. The average Bonchev–Trinajstić information content (AvgIpc) is 2.76. The summed E-state index contributed by atoms with van der Waals surface area (Å²) in [7, 11) is 0. The second-order valence-corrected chi connectivity index (χ2v) is 5.66. The van der Waals surface area contributed by atoms with Gasteiger partial charge < -0.3 is 47.7 Å². The number of aliphatic hydroxyl groups is 1. The minimum absolute atomic E-state index is 0.0304. The van der Waals surface area contributed by atoms with Crippen molar-refractivity contribution in [2.24, 2.45) is 0 Å². The highest BCUT2D eigenvalue weighted by atomic mass is 16.6. The van der Waals surface area contributed by atoms with E-state index in [4.69, 9.17) is 47.7 Å². The summed E-state index contributed by atoms with van der Waals surface area (Å²) in [6, 6.07) is 0. The van der Waals surface area contributed by atoms with Crippen molar-refractivity contribution < 1.29 is 47.7 Å². The number of aliphatic hydroxyl groups excluding tert-OH is 1. The Morgan fingerprint density at radius 2 is 0.633 bits per heavy atom. The minimum Gasteiger partial charge on any atom is -0.499 e. The fourth-order valence-corrected chi connectivity index (χ4v) is 1.90. The Labute approximate surface area is 180 Å². The molecule has 10 heteroatoms. The van der Waals surface area contributed by atoms with Crippen LogP contribution in [0.2, 0.25) is 0 Å². The second kappa shape index (κ2) is 28.2. The van der Waals surface area contributed by atoms with Gasteiger partial charge in [0.1, 0.15) is 6.61 Å².